The minimum Gasteiger partial charge on any atom is -0.396 e. The molecule has 0 aromatic heterocycles. The molecule has 0 aromatic rings. The van der Waals surface area contributed by atoms with Gasteiger partial charge >= 0.3 is 0 Å². The monoisotopic (exact) mass is 272 g/mol. The summed E-state index contributed by atoms with van der Waals surface area (Å²) in [6.45, 7) is 7.09. The standard InChI is InChI=1S/C12H26O.C6H14/c1-2-3-4-5-6-7-8-9-10-11-12-13;1-3-5-6-4-2/h13H,2-12H2,1H3;3-6H2,1-2H3. The average Bonchev–Trinajstić information content (AvgIpc) is 2.44. The van der Waals surface area contributed by atoms with E-state index in [0.29, 0.717) is 6.61 Å². The van der Waals surface area contributed by atoms with Gasteiger partial charge in [0.25, 0.3) is 0 Å². The molecule has 1 heteroatoms. The molecule has 0 aliphatic rings. The maximum Gasteiger partial charge on any atom is 0.0431 e. The van der Waals surface area contributed by atoms with Crippen LogP contribution in [0.3, 0.4) is 0 Å². The minimum atomic E-state index is 0.372. The Morgan fingerprint density at radius 2 is 0.684 bits per heavy atom. The zero-order chi connectivity index (χ0) is 14.6. The van der Waals surface area contributed by atoms with E-state index in [9.17, 15) is 0 Å². The van der Waals surface area contributed by atoms with E-state index in [1.165, 1.54) is 83.5 Å². The Labute approximate surface area is 123 Å². The summed E-state index contributed by atoms with van der Waals surface area (Å²) in [5, 5.41) is 8.57. The van der Waals surface area contributed by atoms with Crippen molar-refractivity contribution in [3.05, 3.63) is 0 Å². The van der Waals surface area contributed by atoms with Gasteiger partial charge in [-0.15, -0.1) is 0 Å². The lowest BCUT2D eigenvalue weighted by Gasteiger charge is -2.00. The van der Waals surface area contributed by atoms with Gasteiger partial charge in [0.1, 0.15) is 0 Å². The molecule has 118 valence electrons. The first kappa shape index (κ1) is 21.3. The summed E-state index contributed by atoms with van der Waals surface area (Å²) in [4.78, 5) is 0. The third-order valence-corrected chi connectivity index (χ3v) is 3.47. The van der Waals surface area contributed by atoms with Crippen molar-refractivity contribution in [2.75, 3.05) is 6.61 Å². The molecule has 0 aliphatic heterocycles. The van der Waals surface area contributed by atoms with Crippen LogP contribution in [-0.4, -0.2) is 11.7 Å². The Morgan fingerprint density at radius 1 is 0.421 bits per heavy atom. The van der Waals surface area contributed by atoms with E-state index in [-0.39, 0.29) is 0 Å². The molecule has 0 saturated heterocycles. The first-order chi connectivity index (χ1) is 9.33. The minimum absolute atomic E-state index is 0.372. The van der Waals surface area contributed by atoms with Crippen molar-refractivity contribution in [3.8, 4) is 0 Å². The molecule has 0 bridgehead atoms. The SMILES string of the molecule is CCCCCC.CCCCCCCCCCCCO. The largest absolute Gasteiger partial charge is 0.396 e. The van der Waals surface area contributed by atoms with Crippen LogP contribution >= 0.6 is 0 Å². The van der Waals surface area contributed by atoms with E-state index in [1.807, 2.05) is 0 Å². The van der Waals surface area contributed by atoms with Crippen molar-refractivity contribution < 1.29 is 5.11 Å². The number of unbranched alkanes of at least 4 members (excludes halogenated alkanes) is 12. The summed E-state index contributed by atoms with van der Waals surface area (Å²) in [7, 11) is 0. The molecular weight excluding hydrogens is 232 g/mol. The number of aliphatic hydroxyl groups is 1. The molecule has 0 radical (unpaired) electrons. The molecule has 0 fully saturated rings. The molecule has 0 aromatic carbocycles. The predicted octanol–water partition coefficient (Wildman–Crippen LogP) is 6.49. The molecule has 0 heterocycles. The van der Waals surface area contributed by atoms with Crippen LogP contribution in [0.25, 0.3) is 0 Å². The molecule has 19 heavy (non-hydrogen) atoms. The van der Waals surface area contributed by atoms with E-state index in [4.69, 9.17) is 5.11 Å². The van der Waals surface area contributed by atoms with Gasteiger partial charge in [0, 0.05) is 6.61 Å². The molecule has 0 unspecified atom stereocenters. The second-order valence-electron chi connectivity index (χ2n) is 5.61. The van der Waals surface area contributed by atoms with Crippen LogP contribution in [-0.2, 0) is 0 Å². The Balaban J connectivity index is 0. The molecule has 0 spiro atoms. The first-order valence-corrected chi connectivity index (χ1v) is 8.94. The molecular formula is C18H40O. The summed E-state index contributed by atoms with van der Waals surface area (Å²) in [5.74, 6) is 0. The quantitative estimate of drug-likeness (QED) is 0.380. The van der Waals surface area contributed by atoms with Crippen LogP contribution in [0.5, 0.6) is 0 Å². The maximum absolute atomic E-state index is 8.57. The molecule has 0 amide bonds. The van der Waals surface area contributed by atoms with Gasteiger partial charge in [-0.05, 0) is 6.42 Å². The van der Waals surface area contributed by atoms with E-state index >= 15 is 0 Å². The number of rotatable bonds is 13. The van der Waals surface area contributed by atoms with Gasteiger partial charge in [-0.3, -0.25) is 0 Å². The lowest BCUT2D eigenvalue weighted by molar-refractivity contribution is 0.282. The molecule has 0 rings (SSSR count). The Hall–Kier alpha value is -0.0400. The molecule has 1 nitrogen and oxygen atoms in total. The highest BCUT2D eigenvalue weighted by Crippen LogP contribution is 2.09. The van der Waals surface area contributed by atoms with E-state index in [0.717, 1.165) is 6.42 Å². The van der Waals surface area contributed by atoms with Crippen LogP contribution in [0.1, 0.15) is 111 Å². The van der Waals surface area contributed by atoms with Gasteiger partial charge in [-0.25, -0.2) is 0 Å². The van der Waals surface area contributed by atoms with Crippen molar-refractivity contribution in [2.24, 2.45) is 0 Å². The Morgan fingerprint density at radius 3 is 1.00 bits per heavy atom. The van der Waals surface area contributed by atoms with Crippen molar-refractivity contribution in [1.82, 2.24) is 0 Å². The summed E-state index contributed by atoms with van der Waals surface area (Å²) < 4.78 is 0. The van der Waals surface area contributed by atoms with Crippen LogP contribution in [0, 0.1) is 0 Å². The van der Waals surface area contributed by atoms with Crippen molar-refractivity contribution in [2.45, 2.75) is 111 Å². The topological polar surface area (TPSA) is 20.2 Å². The number of hydrogen-bond donors (Lipinski definition) is 1. The maximum atomic E-state index is 8.57. The highest BCUT2D eigenvalue weighted by atomic mass is 16.2. The van der Waals surface area contributed by atoms with E-state index < -0.39 is 0 Å². The molecule has 0 saturated carbocycles. The fourth-order valence-corrected chi connectivity index (χ4v) is 2.10. The highest BCUT2D eigenvalue weighted by Gasteiger charge is 1.91. The second-order valence-corrected chi connectivity index (χ2v) is 5.61. The zero-order valence-corrected chi connectivity index (χ0v) is 14.1. The first-order valence-electron chi connectivity index (χ1n) is 8.94. The summed E-state index contributed by atoms with van der Waals surface area (Å²) >= 11 is 0. The molecule has 1 N–H and O–H groups in total. The highest BCUT2D eigenvalue weighted by molar-refractivity contribution is 4.46. The van der Waals surface area contributed by atoms with Crippen molar-refractivity contribution in [1.29, 1.82) is 0 Å². The third-order valence-electron chi connectivity index (χ3n) is 3.47. The summed E-state index contributed by atoms with van der Waals surface area (Å²) in [6, 6.07) is 0. The van der Waals surface area contributed by atoms with E-state index in [1.54, 1.807) is 0 Å². The fraction of sp³-hybridized carbons (Fsp3) is 1.00. The number of aliphatic hydroxyl groups excluding tert-OH is 1. The average molecular weight is 273 g/mol. The van der Waals surface area contributed by atoms with Crippen LogP contribution in [0.2, 0.25) is 0 Å². The van der Waals surface area contributed by atoms with Gasteiger partial charge in [0.05, 0.1) is 0 Å². The van der Waals surface area contributed by atoms with Crippen LogP contribution < -0.4 is 0 Å². The molecule has 0 atom stereocenters. The second kappa shape index (κ2) is 23.1. The summed E-state index contributed by atoms with van der Waals surface area (Å²) in [6.07, 6.45) is 18.8. The van der Waals surface area contributed by atoms with Gasteiger partial charge in [-0.2, -0.15) is 0 Å². The Kier molecular flexibility index (Phi) is 25.8. The fourth-order valence-electron chi connectivity index (χ4n) is 2.10. The predicted molar refractivity (Wildman–Crippen MR) is 88.7 cm³/mol. The van der Waals surface area contributed by atoms with Crippen LogP contribution in [0.15, 0.2) is 0 Å². The van der Waals surface area contributed by atoms with Gasteiger partial charge in [0.15, 0.2) is 0 Å². The van der Waals surface area contributed by atoms with Gasteiger partial charge in [-0.1, -0.05) is 104 Å². The van der Waals surface area contributed by atoms with E-state index in [2.05, 4.69) is 20.8 Å². The number of hydrogen-bond acceptors (Lipinski definition) is 1. The lowest BCUT2D eigenvalue weighted by Crippen LogP contribution is -1.84. The smallest absolute Gasteiger partial charge is 0.0431 e. The molecule has 0 aliphatic carbocycles. The van der Waals surface area contributed by atoms with Gasteiger partial charge < -0.3 is 5.11 Å². The zero-order valence-electron chi connectivity index (χ0n) is 14.1. The lowest BCUT2D eigenvalue weighted by atomic mass is 10.1. The summed E-state index contributed by atoms with van der Waals surface area (Å²) in [5.41, 5.74) is 0. The van der Waals surface area contributed by atoms with Crippen LogP contribution in [0.4, 0.5) is 0 Å². The van der Waals surface area contributed by atoms with Crippen molar-refractivity contribution >= 4 is 0 Å². The third kappa shape index (κ3) is 27.2. The van der Waals surface area contributed by atoms with Gasteiger partial charge in [0.2, 0.25) is 0 Å². The van der Waals surface area contributed by atoms with Crippen molar-refractivity contribution in [3.63, 3.8) is 0 Å². The normalized spacial score (nSPS) is 10.1. The Bertz CT molecular complexity index is 109.